The molecule has 8 heteroatoms. The average molecular weight is 212 g/mol. The lowest BCUT2D eigenvalue weighted by atomic mass is 10.3. The van der Waals surface area contributed by atoms with Crippen LogP contribution in [0.3, 0.4) is 0 Å². The summed E-state index contributed by atoms with van der Waals surface area (Å²) in [6.07, 6.45) is -1.02. The number of carbonyl (C=O) groups is 2. The summed E-state index contributed by atoms with van der Waals surface area (Å²) in [5.74, 6) is -6.03. The first-order chi connectivity index (χ1) is 6.36. The van der Waals surface area contributed by atoms with Crippen molar-refractivity contribution in [3.05, 3.63) is 0 Å². The summed E-state index contributed by atoms with van der Waals surface area (Å²) in [7, 11) is 0. The number of aliphatic carboxylic acids is 1. The molecule has 0 rings (SSSR count). The molecule has 0 aromatic heterocycles. The molecule has 0 heterocycles. The summed E-state index contributed by atoms with van der Waals surface area (Å²) < 4.78 is 28.9. The summed E-state index contributed by atoms with van der Waals surface area (Å²) in [5.41, 5.74) is 4.58. The molecule has 0 fully saturated rings. The van der Waals surface area contributed by atoms with Crippen molar-refractivity contribution in [1.29, 1.82) is 0 Å². The lowest BCUT2D eigenvalue weighted by Gasteiger charge is -2.11. The van der Waals surface area contributed by atoms with Gasteiger partial charge in [-0.3, -0.25) is 0 Å². The van der Waals surface area contributed by atoms with Crippen LogP contribution in [0.25, 0.3) is 0 Å². The zero-order chi connectivity index (χ0) is 11.2. The average Bonchev–Trinajstić information content (AvgIpc) is 2.02. The van der Waals surface area contributed by atoms with Gasteiger partial charge in [-0.15, -0.1) is 0 Å². The smallest absolute Gasteiger partial charge is 0.404 e. The second kappa shape index (κ2) is 5.32. The molecule has 0 spiro atoms. The number of nitrogens with one attached hydrogen (secondary N) is 1. The van der Waals surface area contributed by atoms with Crippen LogP contribution in [0.2, 0.25) is 0 Å². The van der Waals surface area contributed by atoms with Crippen molar-refractivity contribution < 1.29 is 28.2 Å². The molecule has 0 aliphatic carbocycles. The van der Waals surface area contributed by atoms with Crippen molar-refractivity contribution in [3.63, 3.8) is 0 Å². The second-order valence-electron chi connectivity index (χ2n) is 2.35. The number of alkyl halides is 2. The van der Waals surface area contributed by atoms with Crippen molar-refractivity contribution >= 4 is 12.1 Å². The molecule has 0 saturated carbocycles. The highest BCUT2D eigenvalue weighted by atomic mass is 19.3. The lowest BCUT2D eigenvalue weighted by Crippen LogP contribution is -2.41. The molecule has 0 unspecified atom stereocenters. The number of nitrogens with two attached hydrogens (primary N) is 1. The van der Waals surface area contributed by atoms with Crippen molar-refractivity contribution in [2.45, 2.75) is 5.92 Å². The number of hydrogen-bond donors (Lipinski definition) is 3. The maximum absolute atomic E-state index is 12.3. The molecule has 0 aromatic rings. The lowest BCUT2D eigenvalue weighted by molar-refractivity contribution is -0.164. The number of rotatable bonds is 6. The SMILES string of the molecule is NC(=O)OCCNCC(F)(F)C(=O)O. The Labute approximate surface area is 78.0 Å². The summed E-state index contributed by atoms with van der Waals surface area (Å²) >= 11 is 0. The predicted molar refractivity (Wildman–Crippen MR) is 41.0 cm³/mol. The highest BCUT2D eigenvalue weighted by Gasteiger charge is 2.37. The fraction of sp³-hybridized carbons (Fsp3) is 0.667. The highest BCUT2D eigenvalue weighted by molar-refractivity contribution is 5.75. The normalized spacial score (nSPS) is 11.0. The van der Waals surface area contributed by atoms with E-state index in [0.29, 0.717) is 0 Å². The minimum Gasteiger partial charge on any atom is -0.477 e. The van der Waals surface area contributed by atoms with E-state index in [2.05, 4.69) is 15.8 Å². The van der Waals surface area contributed by atoms with Gasteiger partial charge in [0, 0.05) is 6.54 Å². The van der Waals surface area contributed by atoms with Gasteiger partial charge in [0.25, 0.3) is 0 Å². The van der Waals surface area contributed by atoms with Crippen LogP contribution >= 0.6 is 0 Å². The molecule has 82 valence electrons. The molecule has 0 radical (unpaired) electrons. The minimum atomic E-state index is -3.83. The maximum Gasteiger partial charge on any atom is 0.404 e. The highest BCUT2D eigenvalue weighted by Crippen LogP contribution is 2.10. The van der Waals surface area contributed by atoms with Gasteiger partial charge in [-0.25, -0.2) is 9.59 Å². The Balaban J connectivity index is 3.54. The number of hydrogen-bond acceptors (Lipinski definition) is 4. The molecule has 0 aliphatic heterocycles. The van der Waals surface area contributed by atoms with E-state index in [4.69, 9.17) is 5.11 Å². The quantitative estimate of drug-likeness (QED) is 0.510. The van der Waals surface area contributed by atoms with Gasteiger partial charge in [0.15, 0.2) is 0 Å². The summed E-state index contributed by atoms with van der Waals surface area (Å²) in [5, 5.41) is 10.1. The van der Waals surface area contributed by atoms with Crippen LogP contribution in [0.4, 0.5) is 13.6 Å². The largest absolute Gasteiger partial charge is 0.477 e. The maximum atomic E-state index is 12.3. The van der Waals surface area contributed by atoms with Crippen LogP contribution in [0.5, 0.6) is 0 Å². The van der Waals surface area contributed by atoms with E-state index in [-0.39, 0.29) is 13.2 Å². The molecule has 14 heavy (non-hydrogen) atoms. The Hall–Kier alpha value is -1.44. The number of carboxylic acids is 1. The van der Waals surface area contributed by atoms with Crippen molar-refractivity contribution in [2.75, 3.05) is 19.7 Å². The summed E-state index contributed by atoms with van der Waals surface area (Å²) in [6, 6.07) is 0. The van der Waals surface area contributed by atoms with Gasteiger partial charge in [0.05, 0.1) is 6.54 Å². The zero-order valence-electron chi connectivity index (χ0n) is 7.13. The molecule has 0 aliphatic rings. The first-order valence-electron chi connectivity index (χ1n) is 3.60. The van der Waals surface area contributed by atoms with Gasteiger partial charge in [-0.1, -0.05) is 0 Å². The number of halogens is 2. The Morgan fingerprint density at radius 1 is 1.50 bits per heavy atom. The van der Waals surface area contributed by atoms with Crippen molar-refractivity contribution in [1.82, 2.24) is 5.32 Å². The van der Waals surface area contributed by atoms with E-state index in [1.807, 2.05) is 0 Å². The molecule has 0 atom stereocenters. The number of carboxylic acid groups (broad SMARTS) is 1. The Bertz CT molecular complexity index is 222. The third-order valence-corrected chi connectivity index (χ3v) is 1.18. The fourth-order valence-corrected chi connectivity index (χ4v) is 0.545. The molecule has 0 bridgehead atoms. The van der Waals surface area contributed by atoms with Crippen molar-refractivity contribution in [3.8, 4) is 0 Å². The zero-order valence-corrected chi connectivity index (χ0v) is 7.13. The van der Waals surface area contributed by atoms with Gasteiger partial charge in [0.1, 0.15) is 6.61 Å². The van der Waals surface area contributed by atoms with Gasteiger partial charge in [-0.05, 0) is 0 Å². The van der Waals surface area contributed by atoms with E-state index in [9.17, 15) is 18.4 Å². The fourth-order valence-electron chi connectivity index (χ4n) is 0.545. The van der Waals surface area contributed by atoms with Crippen LogP contribution in [0, 0.1) is 0 Å². The first-order valence-corrected chi connectivity index (χ1v) is 3.60. The number of ether oxygens (including phenoxy) is 1. The van der Waals surface area contributed by atoms with E-state index < -0.39 is 24.5 Å². The third kappa shape index (κ3) is 5.25. The molecular formula is C6H10F2N2O4. The van der Waals surface area contributed by atoms with Gasteiger partial charge >= 0.3 is 18.0 Å². The molecule has 0 saturated heterocycles. The second-order valence-corrected chi connectivity index (χ2v) is 2.35. The number of carbonyl (C=O) groups excluding carboxylic acids is 1. The summed E-state index contributed by atoms with van der Waals surface area (Å²) in [4.78, 5) is 19.9. The third-order valence-electron chi connectivity index (χ3n) is 1.18. The molecule has 1 amide bonds. The molecule has 0 aromatic carbocycles. The van der Waals surface area contributed by atoms with Crippen LogP contribution in [0.1, 0.15) is 0 Å². The Morgan fingerprint density at radius 3 is 2.50 bits per heavy atom. The van der Waals surface area contributed by atoms with E-state index in [0.717, 1.165) is 0 Å². The van der Waals surface area contributed by atoms with Gasteiger partial charge in [-0.2, -0.15) is 8.78 Å². The molecular weight excluding hydrogens is 202 g/mol. The molecule has 6 nitrogen and oxygen atoms in total. The molecule has 4 N–H and O–H groups in total. The standard InChI is InChI=1S/C6H10F2N2O4/c7-6(8,4(11)12)3-10-1-2-14-5(9)13/h10H,1-3H2,(H2,9,13)(H,11,12). The van der Waals surface area contributed by atoms with Crippen LogP contribution in [-0.2, 0) is 9.53 Å². The van der Waals surface area contributed by atoms with E-state index >= 15 is 0 Å². The number of amides is 1. The Kier molecular flexibility index (Phi) is 4.78. The van der Waals surface area contributed by atoms with Gasteiger partial charge < -0.3 is 20.9 Å². The Morgan fingerprint density at radius 2 is 2.07 bits per heavy atom. The van der Waals surface area contributed by atoms with Crippen LogP contribution < -0.4 is 11.1 Å². The topological polar surface area (TPSA) is 102 Å². The van der Waals surface area contributed by atoms with E-state index in [1.54, 1.807) is 0 Å². The first kappa shape index (κ1) is 12.6. The predicted octanol–water partition coefficient (Wildman–Crippen LogP) is -0.609. The van der Waals surface area contributed by atoms with Gasteiger partial charge in [0.2, 0.25) is 0 Å². The minimum absolute atomic E-state index is 0.0915. The summed E-state index contributed by atoms with van der Waals surface area (Å²) in [6.45, 7) is -1.30. The van der Waals surface area contributed by atoms with Crippen molar-refractivity contribution in [2.24, 2.45) is 5.73 Å². The monoisotopic (exact) mass is 212 g/mol. The van der Waals surface area contributed by atoms with Crippen LogP contribution in [-0.4, -0.2) is 42.8 Å². The van der Waals surface area contributed by atoms with Crippen LogP contribution in [0.15, 0.2) is 0 Å². The van der Waals surface area contributed by atoms with E-state index in [1.165, 1.54) is 0 Å². The number of primary amides is 1.